The van der Waals surface area contributed by atoms with E-state index in [0.29, 0.717) is 28.6 Å². The van der Waals surface area contributed by atoms with E-state index in [4.69, 9.17) is 10.2 Å². The number of pyridine rings is 2. The molecule has 10 heteroatoms. The molecule has 1 saturated heterocycles. The van der Waals surface area contributed by atoms with Crippen LogP contribution in [0.3, 0.4) is 0 Å². The number of nitrogens with one attached hydrogen (secondary N) is 1. The van der Waals surface area contributed by atoms with Gasteiger partial charge in [0.15, 0.2) is 0 Å². The topological polar surface area (TPSA) is 114 Å². The Bertz CT molecular complexity index is 1570. The Morgan fingerprint density at radius 3 is 2.54 bits per heavy atom. The maximum atomic E-state index is 13.4. The van der Waals surface area contributed by atoms with Gasteiger partial charge >= 0.3 is 0 Å². The Kier molecular flexibility index (Phi) is 7.91. The molecule has 1 aliphatic rings. The fourth-order valence-electron chi connectivity index (χ4n) is 4.55. The first-order valence-corrected chi connectivity index (χ1v) is 13.2. The number of amides is 2. The molecule has 1 aliphatic heterocycles. The van der Waals surface area contributed by atoms with Gasteiger partial charge in [0.1, 0.15) is 17.3 Å². The van der Waals surface area contributed by atoms with Gasteiger partial charge in [-0.3, -0.25) is 14.6 Å². The number of carbonyl (C=O) groups is 2. The van der Waals surface area contributed by atoms with Crippen LogP contribution in [0, 0.1) is 6.92 Å². The van der Waals surface area contributed by atoms with Crippen LogP contribution in [0.15, 0.2) is 77.5 Å². The highest BCUT2D eigenvalue weighted by molar-refractivity contribution is 5.94. The number of aromatic nitrogens is 2. The number of furan rings is 1. The van der Waals surface area contributed by atoms with Gasteiger partial charge in [-0.05, 0) is 66.6 Å². The van der Waals surface area contributed by atoms with E-state index in [0.717, 1.165) is 22.3 Å². The van der Waals surface area contributed by atoms with Crippen molar-refractivity contribution in [1.29, 1.82) is 0 Å². The van der Waals surface area contributed by atoms with Crippen LogP contribution in [0.2, 0.25) is 0 Å². The first-order valence-electron chi connectivity index (χ1n) is 13.2. The number of halogens is 2. The van der Waals surface area contributed by atoms with Gasteiger partial charge in [0, 0.05) is 55.5 Å². The normalized spacial score (nSPS) is 14.8. The van der Waals surface area contributed by atoms with E-state index in [1.807, 2.05) is 37.3 Å². The van der Waals surface area contributed by atoms with Crippen LogP contribution >= 0.6 is 0 Å². The lowest BCUT2D eigenvalue weighted by atomic mass is 10.0. The molecule has 0 bridgehead atoms. The van der Waals surface area contributed by atoms with Gasteiger partial charge in [0.2, 0.25) is 5.91 Å². The zero-order valence-corrected chi connectivity index (χ0v) is 22.4. The fourth-order valence-corrected chi connectivity index (χ4v) is 4.55. The Labute approximate surface area is 235 Å². The van der Waals surface area contributed by atoms with E-state index in [1.165, 1.54) is 17.2 Å². The number of piperidine rings is 1. The van der Waals surface area contributed by atoms with Gasteiger partial charge in [0.25, 0.3) is 11.8 Å². The van der Waals surface area contributed by atoms with Gasteiger partial charge in [-0.15, -0.1) is 0 Å². The van der Waals surface area contributed by atoms with Crippen molar-refractivity contribution in [2.75, 3.05) is 18.8 Å². The van der Waals surface area contributed by atoms with Crippen molar-refractivity contribution < 1.29 is 22.8 Å². The number of nitrogens with zero attached hydrogens (tertiary/aromatic N) is 3. The number of anilines is 1. The SMILES string of the molecule is Cc1cc(-c2ccc(C(=O)N3CCC(F)(F)CC3)cn2)ccc1-c1ccc(CNC(=O)/C=C/c2ccc(N)nc2)o1. The zero-order chi connectivity index (χ0) is 29.0. The first-order chi connectivity index (χ1) is 19.7. The van der Waals surface area contributed by atoms with Crippen molar-refractivity contribution in [2.45, 2.75) is 32.2 Å². The molecule has 8 nitrogen and oxygen atoms in total. The second kappa shape index (κ2) is 11.7. The molecular weight excluding hydrogens is 528 g/mol. The maximum Gasteiger partial charge on any atom is 0.255 e. The van der Waals surface area contributed by atoms with Crippen molar-refractivity contribution in [2.24, 2.45) is 0 Å². The summed E-state index contributed by atoms with van der Waals surface area (Å²) in [6.07, 6.45) is 5.51. The lowest BCUT2D eigenvalue weighted by Crippen LogP contribution is -2.42. The van der Waals surface area contributed by atoms with Crippen LogP contribution in [0.4, 0.5) is 14.6 Å². The summed E-state index contributed by atoms with van der Waals surface area (Å²) in [5.74, 6) is -1.56. The minimum atomic E-state index is -2.70. The molecular formula is C31H29F2N5O3. The molecule has 0 radical (unpaired) electrons. The number of benzene rings is 1. The molecule has 0 aliphatic carbocycles. The minimum Gasteiger partial charge on any atom is -0.459 e. The maximum absolute atomic E-state index is 13.4. The summed E-state index contributed by atoms with van der Waals surface area (Å²) in [4.78, 5) is 34.8. The van der Waals surface area contributed by atoms with Gasteiger partial charge in [-0.1, -0.05) is 12.1 Å². The average molecular weight is 558 g/mol. The summed E-state index contributed by atoms with van der Waals surface area (Å²) < 4.78 is 32.8. The predicted molar refractivity (Wildman–Crippen MR) is 152 cm³/mol. The standard InChI is InChI=1S/C31H29F2N5O3/c1-20-16-22(26-8-5-23(18-35-26)30(40)38-14-12-31(32,33)13-15-38)4-7-25(20)27-9-6-24(41-27)19-37-29(39)11-3-21-2-10-28(34)36-17-21/h2-11,16-18H,12-15,19H2,1H3,(H2,34,36)(H,37,39)/b11-3+. The van der Waals surface area contributed by atoms with Gasteiger partial charge in [-0.2, -0.15) is 0 Å². The average Bonchev–Trinajstić information content (AvgIpc) is 3.44. The van der Waals surface area contributed by atoms with Crippen molar-refractivity contribution in [1.82, 2.24) is 20.2 Å². The molecule has 3 aromatic heterocycles. The Hall–Kier alpha value is -4.86. The van der Waals surface area contributed by atoms with Crippen molar-refractivity contribution in [3.63, 3.8) is 0 Å². The number of aryl methyl sites for hydroxylation is 1. The molecule has 41 heavy (non-hydrogen) atoms. The molecule has 5 rings (SSSR count). The lowest BCUT2D eigenvalue weighted by molar-refractivity contribution is -0.116. The summed E-state index contributed by atoms with van der Waals surface area (Å²) >= 11 is 0. The van der Waals surface area contributed by atoms with E-state index >= 15 is 0 Å². The first kappa shape index (κ1) is 27.7. The van der Waals surface area contributed by atoms with Crippen molar-refractivity contribution in [3.05, 3.63) is 95.5 Å². The molecule has 4 aromatic rings. The highest BCUT2D eigenvalue weighted by Crippen LogP contribution is 2.30. The molecule has 0 unspecified atom stereocenters. The number of hydrogen-bond donors (Lipinski definition) is 2. The van der Waals surface area contributed by atoms with Gasteiger partial charge in [-0.25, -0.2) is 13.8 Å². The second-order valence-electron chi connectivity index (χ2n) is 9.94. The number of nitrogens with two attached hydrogens (primary N) is 1. The molecule has 3 N–H and O–H groups in total. The van der Waals surface area contributed by atoms with Crippen LogP contribution in [0.5, 0.6) is 0 Å². The van der Waals surface area contributed by atoms with Crippen LogP contribution in [-0.4, -0.2) is 45.7 Å². The van der Waals surface area contributed by atoms with E-state index in [-0.39, 0.29) is 44.3 Å². The number of alkyl halides is 2. The number of nitrogen functional groups attached to an aromatic ring is 1. The molecule has 0 atom stereocenters. The molecule has 4 heterocycles. The van der Waals surface area contributed by atoms with Gasteiger partial charge in [0.05, 0.1) is 17.8 Å². The van der Waals surface area contributed by atoms with Crippen molar-refractivity contribution >= 4 is 23.7 Å². The molecule has 2 amide bonds. The zero-order valence-electron chi connectivity index (χ0n) is 22.4. The molecule has 0 saturated carbocycles. The number of likely N-dealkylation sites (tertiary alicyclic amines) is 1. The summed E-state index contributed by atoms with van der Waals surface area (Å²) in [7, 11) is 0. The smallest absolute Gasteiger partial charge is 0.255 e. The van der Waals surface area contributed by atoms with Crippen LogP contribution in [0.1, 0.15) is 40.1 Å². The van der Waals surface area contributed by atoms with Crippen LogP contribution in [-0.2, 0) is 11.3 Å². The van der Waals surface area contributed by atoms with E-state index in [2.05, 4.69) is 15.3 Å². The molecule has 210 valence electrons. The van der Waals surface area contributed by atoms with Crippen molar-refractivity contribution in [3.8, 4) is 22.6 Å². The largest absolute Gasteiger partial charge is 0.459 e. The quantitative estimate of drug-likeness (QED) is 0.290. The predicted octanol–water partition coefficient (Wildman–Crippen LogP) is 5.50. The fraction of sp³-hybridized carbons (Fsp3) is 0.226. The lowest BCUT2D eigenvalue weighted by Gasteiger charge is -2.31. The third kappa shape index (κ3) is 6.84. The number of hydrogen-bond acceptors (Lipinski definition) is 6. The van der Waals surface area contributed by atoms with Crippen LogP contribution < -0.4 is 11.1 Å². The van der Waals surface area contributed by atoms with E-state index in [1.54, 1.807) is 36.5 Å². The summed E-state index contributed by atoms with van der Waals surface area (Å²) in [6.45, 7) is 2.27. The highest BCUT2D eigenvalue weighted by atomic mass is 19.3. The van der Waals surface area contributed by atoms with E-state index in [9.17, 15) is 18.4 Å². The third-order valence-electron chi connectivity index (χ3n) is 6.92. The molecule has 0 spiro atoms. The minimum absolute atomic E-state index is 0.0363. The molecule has 1 aromatic carbocycles. The summed E-state index contributed by atoms with van der Waals surface area (Å²) in [5, 5.41) is 2.79. The van der Waals surface area contributed by atoms with Gasteiger partial charge < -0.3 is 20.4 Å². The monoisotopic (exact) mass is 557 g/mol. The number of carbonyl (C=O) groups excluding carboxylic acids is 2. The Morgan fingerprint density at radius 2 is 1.85 bits per heavy atom. The Balaban J connectivity index is 1.19. The van der Waals surface area contributed by atoms with Crippen LogP contribution in [0.25, 0.3) is 28.7 Å². The summed E-state index contributed by atoms with van der Waals surface area (Å²) in [6, 6.07) is 16.4. The third-order valence-corrected chi connectivity index (χ3v) is 6.92. The summed E-state index contributed by atoms with van der Waals surface area (Å²) in [5.41, 5.74) is 10.1. The van der Waals surface area contributed by atoms with E-state index < -0.39 is 5.92 Å². The second-order valence-corrected chi connectivity index (χ2v) is 9.94. The Morgan fingerprint density at radius 1 is 1.05 bits per heavy atom. The molecule has 1 fully saturated rings. The highest BCUT2D eigenvalue weighted by Gasteiger charge is 2.35. The number of rotatable bonds is 7.